The summed E-state index contributed by atoms with van der Waals surface area (Å²) in [6, 6.07) is 2.53. The molecular weight excluding hydrogens is 826 g/mol. The van der Waals surface area contributed by atoms with Gasteiger partial charge in [-0.3, -0.25) is 29.0 Å². The third-order valence-electron chi connectivity index (χ3n) is 12.3. The minimum absolute atomic E-state index is 0.0405. The largest absolute Gasteiger partial charge is 0.472 e. The molecule has 3 fully saturated rings. The van der Waals surface area contributed by atoms with E-state index >= 15 is 0 Å². The number of carbonyl (C=O) groups excluding carboxylic acids is 8. The van der Waals surface area contributed by atoms with Crippen LogP contribution in [0.4, 0.5) is 0 Å². The highest BCUT2D eigenvalue weighted by molar-refractivity contribution is 5.92. The van der Waals surface area contributed by atoms with Gasteiger partial charge in [-0.15, -0.1) is 0 Å². The maximum Gasteiger partial charge on any atom is 0.341 e. The van der Waals surface area contributed by atoms with Crippen LogP contribution in [-0.2, 0) is 71.4 Å². The van der Waals surface area contributed by atoms with Crippen LogP contribution in [0.25, 0.3) is 0 Å². The summed E-state index contributed by atoms with van der Waals surface area (Å²) in [5, 5.41) is 25.7. The first-order valence-corrected chi connectivity index (χ1v) is 19.4. The van der Waals surface area contributed by atoms with E-state index in [1.807, 2.05) is 0 Å². The van der Waals surface area contributed by atoms with E-state index in [1.54, 1.807) is 0 Å². The predicted molar refractivity (Wildman–Crippen MR) is 199 cm³/mol. The molecule has 0 aromatic carbocycles. The van der Waals surface area contributed by atoms with Gasteiger partial charge in [-0.1, -0.05) is 6.92 Å². The van der Waals surface area contributed by atoms with Gasteiger partial charge in [-0.05, 0) is 38.5 Å². The standard InChI is InChI=1S/C41H47NO20/c1-18-25-10-12-42-14-26(25)35(49)55-16-37(7)27-28(56-20(3)44)32(58-22(5)46)40(17-54-19(2)43)33(59-23(6)47)29(60-34(48)24-11-13-53-15-24)31(61-36(50)38(18,8)51)39(9,52)41(40,62-37)30(27)57-21(4)45/h10-15,18,27-33,51-52H,16-17H2,1-9H3/t18-,27-,28-,29+,30-,31+,32-,33+,37-,38-,39+,40-,41+/m1/s1. The van der Waals surface area contributed by atoms with Gasteiger partial charge in [0.2, 0.25) is 0 Å². The summed E-state index contributed by atoms with van der Waals surface area (Å²) in [5.41, 5.74) is -13.8. The molecule has 0 radical (unpaired) electrons. The van der Waals surface area contributed by atoms with Crippen molar-refractivity contribution in [2.45, 2.75) is 127 Å². The SMILES string of the molecule is CC(=O)OC[C@]12[C@H](OC(C)=O)[C@H](OC(C)=O)[C@@H]3[C@@H](OC(C)=O)[C@@]14O[C@]3(C)COC(=O)c1cnccc1[C@@H](C)[C@@](C)(O)C(=O)O[C@@H]([C@H](OC(=O)c1ccoc1)[C@@H]2OC(C)=O)[C@]4(C)O. The molecule has 6 rings (SSSR count). The first kappa shape index (κ1) is 45.6. The molecular formula is C41H47NO20. The van der Waals surface area contributed by atoms with Gasteiger partial charge >= 0.3 is 47.8 Å². The van der Waals surface area contributed by atoms with Crippen molar-refractivity contribution in [1.29, 1.82) is 0 Å². The molecule has 336 valence electrons. The fourth-order valence-electron chi connectivity index (χ4n) is 9.67. The molecule has 0 unspecified atom stereocenters. The second-order valence-corrected chi connectivity index (χ2v) is 16.4. The highest BCUT2D eigenvalue weighted by Crippen LogP contribution is 2.70. The van der Waals surface area contributed by atoms with Gasteiger partial charge in [0.1, 0.15) is 48.3 Å². The summed E-state index contributed by atoms with van der Waals surface area (Å²) in [6.07, 6.45) is -8.39. The van der Waals surface area contributed by atoms with Crippen LogP contribution in [0.1, 0.15) is 94.5 Å². The summed E-state index contributed by atoms with van der Waals surface area (Å²) in [7, 11) is 0. The Balaban J connectivity index is 1.81. The lowest BCUT2D eigenvalue weighted by atomic mass is 9.45. The Morgan fingerprint density at radius 1 is 0.806 bits per heavy atom. The Morgan fingerprint density at radius 2 is 1.40 bits per heavy atom. The number of ether oxygens (including phenoxy) is 9. The number of hydrogen-bond donors (Lipinski definition) is 2. The maximum atomic E-state index is 14.6. The van der Waals surface area contributed by atoms with Crippen LogP contribution in [0.5, 0.6) is 0 Å². The number of aliphatic hydroxyl groups is 2. The van der Waals surface area contributed by atoms with Crippen molar-refractivity contribution >= 4 is 47.8 Å². The van der Waals surface area contributed by atoms with E-state index < -0.39 is 137 Å². The Bertz CT molecular complexity index is 2170. The first-order chi connectivity index (χ1) is 28.9. The highest BCUT2D eigenvalue weighted by atomic mass is 16.7. The zero-order valence-electron chi connectivity index (χ0n) is 35.2. The monoisotopic (exact) mass is 873 g/mol. The van der Waals surface area contributed by atoms with Crippen molar-refractivity contribution < 1.29 is 95.6 Å². The number of aromatic nitrogens is 1. The van der Waals surface area contributed by atoms with Crippen LogP contribution < -0.4 is 0 Å². The van der Waals surface area contributed by atoms with Gasteiger partial charge in [0.05, 0.1) is 23.3 Å². The summed E-state index contributed by atoms with van der Waals surface area (Å²) >= 11 is 0. The number of esters is 8. The summed E-state index contributed by atoms with van der Waals surface area (Å²) in [4.78, 5) is 113. The Kier molecular flexibility index (Phi) is 11.8. The number of hydrogen-bond acceptors (Lipinski definition) is 21. The van der Waals surface area contributed by atoms with Crippen LogP contribution in [0, 0.1) is 11.3 Å². The zero-order valence-corrected chi connectivity index (χ0v) is 35.2. The quantitative estimate of drug-likeness (QED) is 0.277. The van der Waals surface area contributed by atoms with E-state index in [0.717, 1.165) is 67.2 Å². The van der Waals surface area contributed by atoms with E-state index in [4.69, 9.17) is 47.0 Å². The van der Waals surface area contributed by atoms with E-state index in [2.05, 4.69) is 4.98 Å². The summed E-state index contributed by atoms with van der Waals surface area (Å²) < 4.78 is 59.7. The predicted octanol–water partition coefficient (Wildman–Crippen LogP) is 1.04. The molecule has 2 aliphatic carbocycles. The minimum Gasteiger partial charge on any atom is -0.472 e. The Hall–Kier alpha value is -5.93. The van der Waals surface area contributed by atoms with E-state index in [1.165, 1.54) is 32.2 Å². The molecule has 4 aliphatic rings. The van der Waals surface area contributed by atoms with Gasteiger partial charge in [-0.2, -0.15) is 0 Å². The number of fused-ring (bicyclic) bond motifs is 5. The van der Waals surface area contributed by atoms with Crippen LogP contribution >= 0.6 is 0 Å². The second-order valence-electron chi connectivity index (χ2n) is 16.4. The van der Waals surface area contributed by atoms with Crippen LogP contribution in [-0.4, -0.2) is 135 Å². The fourth-order valence-corrected chi connectivity index (χ4v) is 9.67. The molecule has 0 amide bonds. The van der Waals surface area contributed by atoms with Gasteiger partial charge < -0.3 is 57.3 Å². The lowest BCUT2D eigenvalue weighted by molar-refractivity contribution is -0.386. The fraction of sp³-hybridized carbons (Fsp3) is 0.585. The number of nitrogens with zero attached hydrogens (tertiary/aromatic N) is 1. The zero-order chi connectivity index (χ0) is 45.9. The number of furan rings is 1. The Labute approximate surface area is 353 Å². The smallest absolute Gasteiger partial charge is 0.341 e. The average molecular weight is 874 g/mol. The van der Waals surface area contributed by atoms with Gasteiger partial charge in [-0.25, -0.2) is 14.4 Å². The Morgan fingerprint density at radius 3 is 1.97 bits per heavy atom. The molecule has 2 aromatic rings. The van der Waals surface area contributed by atoms with Gasteiger partial charge in [0.25, 0.3) is 0 Å². The first-order valence-electron chi connectivity index (χ1n) is 19.4. The molecule has 13 atom stereocenters. The van der Waals surface area contributed by atoms with Crippen molar-refractivity contribution in [3.8, 4) is 0 Å². The van der Waals surface area contributed by atoms with Gasteiger partial charge in [0.15, 0.2) is 35.6 Å². The van der Waals surface area contributed by atoms with Crippen LogP contribution in [0.2, 0.25) is 0 Å². The van der Waals surface area contributed by atoms with Crippen molar-refractivity contribution in [3.05, 3.63) is 53.7 Å². The van der Waals surface area contributed by atoms with Crippen molar-refractivity contribution in [1.82, 2.24) is 4.98 Å². The molecule has 2 saturated carbocycles. The van der Waals surface area contributed by atoms with Gasteiger partial charge in [0, 0.05) is 52.9 Å². The lowest BCUT2D eigenvalue weighted by Crippen LogP contribution is -2.89. The van der Waals surface area contributed by atoms with Crippen LogP contribution in [0.15, 0.2) is 41.5 Å². The molecule has 21 heteroatoms. The number of carbonyl (C=O) groups is 8. The van der Waals surface area contributed by atoms with Crippen molar-refractivity contribution in [3.63, 3.8) is 0 Å². The van der Waals surface area contributed by atoms with E-state index in [0.29, 0.717) is 0 Å². The number of rotatable bonds is 8. The van der Waals surface area contributed by atoms with Crippen LogP contribution in [0.3, 0.4) is 0 Å². The van der Waals surface area contributed by atoms with E-state index in [-0.39, 0.29) is 16.7 Å². The average Bonchev–Trinajstić information content (AvgIpc) is 3.79. The normalized spacial score (nSPS) is 37.3. The topological polar surface area (TPSA) is 286 Å². The number of pyridine rings is 1. The molecule has 21 nitrogen and oxygen atoms in total. The molecule has 4 heterocycles. The molecule has 2 N–H and O–H groups in total. The second kappa shape index (κ2) is 16.1. The number of cyclic esters (lactones) is 1. The van der Waals surface area contributed by atoms with E-state index in [9.17, 15) is 48.6 Å². The molecule has 1 saturated heterocycles. The molecule has 4 bridgehead atoms. The molecule has 62 heavy (non-hydrogen) atoms. The third-order valence-corrected chi connectivity index (χ3v) is 12.3. The maximum absolute atomic E-state index is 14.6. The highest BCUT2D eigenvalue weighted by Gasteiger charge is 2.92. The molecule has 1 spiro atoms. The minimum atomic E-state index is -3.01. The summed E-state index contributed by atoms with van der Waals surface area (Å²) in [5.74, 6) is -12.1. The molecule has 2 aromatic heterocycles. The van der Waals surface area contributed by atoms with Crippen molar-refractivity contribution in [2.75, 3.05) is 13.2 Å². The third kappa shape index (κ3) is 7.14. The van der Waals surface area contributed by atoms with Crippen molar-refractivity contribution in [2.24, 2.45) is 11.3 Å². The molecule has 2 aliphatic heterocycles. The lowest BCUT2D eigenvalue weighted by Gasteiger charge is -2.67. The summed E-state index contributed by atoms with van der Waals surface area (Å²) in [6.45, 7) is 7.57.